The van der Waals surface area contributed by atoms with Crippen LogP contribution in [0.5, 0.6) is 0 Å². The zero-order valence-corrected chi connectivity index (χ0v) is 16.3. The molecule has 0 radical (unpaired) electrons. The molecule has 0 aliphatic carbocycles. The zero-order chi connectivity index (χ0) is 17.0. The predicted molar refractivity (Wildman–Crippen MR) is 104 cm³/mol. The van der Waals surface area contributed by atoms with E-state index in [1.54, 1.807) is 12.0 Å². The van der Waals surface area contributed by atoms with E-state index in [9.17, 15) is 4.79 Å². The maximum Gasteiger partial charge on any atom is 0.321 e. The van der Waals surface area contributed by atoms with Crippen LogP contribution < -0.4 is 4.90 Å². The number of amides is 1. The third kappa shape index (κ3) is 4.46. The van der Waals surface area contributed by atoms with Crippen LogP contribution in [-0.2, 0) is 11.3 Å². The number of nitrogens with zero attached hydrogens (tertiary/aromatic N) is 1. The third-order valence-electron chi connectivity index (χ3n) is 3.53. The van der Waals surface area contributed by atoms with E-state index >= 15 is 0 Å². The first kappa shape index (κ1) is 18.2. The molecular formula is C18H19ClINO2. The number of hydrogen-bond acceptors (Lipinski definition) is 2. The average molecular weight is 444 g/mol. The molecule has 1 amide bonds. The van der Waals surface area contributed by atoms with Crippen molar-refractivity contribution in [2.45, 2.75) is 26.5 Å². The van der Waals surface area contributed by atoms with Crippen LogP contribution in [0.1, 0.15) is 19.4 Å². The summed E-state index contributed by atoms with van der Waals surface area (Å²) in [6.07, 6.45) is 0. The lowest BCUT2D eigenvalue weighted by Crippen LogP contribution is -2.33. The maximum atomic E-state index is 11.7. The molecule has 0 N–H and O–H groups in total. The average Bonchev–Trinajstić information content (AvgIpc) is 2.48. The van der Waals surface area contributed by atoms with Gasteiger partial charge in [0.05, 0.1) is 6.61 Å². The molecule has 0 bridgehead atoms. The smallest absolute Gasteiger partial charge is 0.321 e. The second-order valence-corrected chi connectivity index (χ2v) is 7.07. The van der Waals surface area contributed by atoms with Crippen LogP contribution in [0.25, 0.3) is 11.1 Å². The summed E-state index contributed by atoms with van der Waals surface area (Å²) in [6.45, 7) is 4.34. The number of benzene rings is 2. The molecule has 3 nitrogen and oxygen atoms in total. The summed E-state index contributed by atoms with van der Waals surface area (Å²) in [4.78, 5) is 13.3. The van der Waals surface area contributed by atoms with Gasteiger partial charge in [-0.15, -0.1) is 0 Å². The molecule has 23 heavy (non-hydrogen) atoms. The summed E-state index contributed by atoms with van der Waals surface area (Å²) in [5.74, 6) is 0. The van der Waals surface area contributed by atoms with Crippen molar-refractivity contribution in [3.05, 3.63) is 51.6 Å². The number of carbonyl (C=O) groups is 1. The molecule has 0 atom stereocenters. The van der Waals surface area contributed by atoms with E-state index in [1.165, 1.54) is 3.57 Å². The molecule has 0 fully saturated rings. The van der Waals surface area contributed by atoms with E-state index in [2.05, 4.69) is 46.9 Å². The summed E-state index contributed by atoms with van der Waals surface area (Å²) in [6, 6.07) is 14.2. The van der Waals surface area contributed by atoms with Crippen molar-refractivity contribution < 1.29 is 9.53 Å². The fourth-order valence-corrected chi connectivity index (χ4v) is 3.17. The first-order chi connectivity index (χ1) is 10.9. The Morgan fingerprint density at radius 1 is 1.22 bits per heavy atom. The molecule has 0 aromatic heterocycles. The van der Waals surface area contributed by atoms with Crippen molar-refractivity contribution in [2.75, 3.05) is 12.0 Å². The van der Waals surface area contributed by atoms with Gasteiger partial charge in [-0.2, -0.15) is 0 Å². The van der Waals surface area contributed by atoms with Crippen LogP contribution in [0.3, 0.4) is 0 Å². The van der Waals surface area contributed by atoms with Gasteiger partial charge in [-0.25, -0.2) is 0 Å². The monoisotopic (exact) mass is 443 g/mol. The zero-order valence-electron chi connectivity index (χ0n) is 13.3. The predicted octanol–water partition coefficient (Wildman–Crippen LogP) is 5.68. The lowest BCUT2D eigenvalue weighted by Gasteiger charge is -2.25. The highest BCUT2D eigenvalue weighted by molar-refractivity contribution is 14.1. The summed E-state index contributed by atoms with van der Waals surface area (Å²) in [5, 5.41) is -0.481. The molecule has 2 aromatic rings. The highest BCUT2D eigenvalue weighted by Crippen LogP contribution is 2.30. The topological polar surface area (TPSA) is 29.5 Å². The number of rotatable bonds is 5. The van der Waals surface area contributed by atoms with Gasteiger partial charge in [0.2, 0.25) is 0 Å². The van der Waals surface area contributed by atoms with Crippen molar-refractivity contribution in [3.63, 3.8) is 0 Å². The quantitative estimate of drug-likeness (QED) is 0.338. The van der Waals surface area contributed by atoms with Crippen LogP contribution in [0, 0.1) is 3.57 Å². The van der Waals surface area contributed by atoms with Crippen molar-refractivity contribution >= 4 is 45.2 Å². The van der Waals surface area contributed by atoms with E-state index in [0.717, 1.165) is 22.4 Å². The first-order valence-corrected chi connectivity index (χ1v) is 8.76. The van der Waals surface area contributed by atoms with Gasteiger partial charge in [0, 0.05) is 22.4 Å². The van der Waals surface area contributed by atoms with Gasteiger partial charge in [0.15, 0.2) is 0 Å². The molecule has 0 saturated carbocycles. The van der Waals surface area contributed by atoms with Crippen LogP contribution in [0.2, 0.25) is 0 Å². The van der Waals surface area contributed by atoms with Crippen LogP contribution in [0.4, 0.5) is 10.5 Å². The van der Waals surface area contributed by atoms with Gasteiger partial charge in [0.1, 0.15) is 0 Å². The Kier molecular flexibility index (Phi) is 6.44. The highest BCUT2D eigenvalue weighted by Gasteiger charge is 2.18. The Morgan fingerprint density at radius 3 is 2.39 bits per heavy atom. The van der Waals surface area contributed by atoms with Crippen molar-refractivity contribution in [2.24, 2.45) is 0 Å². The standard InChI is InChI=1S/C18H19ClINO2/c1-12(2)21(18(19)22)16-8-9-17(14(10-16)11-23-3)13-4-6-15(20)7-5-13/h4-10,12H,11H2,1-3H3. The molecular weight excluding hydrogens is 425 g/mol. The third-order valence-corrected chi connectivity index (χ3v) is 4.43. The van der Waals surface area contributed by atoms with E-state index in [-0.39, 0.29) is 6.04 Å². The lowest BCUT2D eigenvalue weighted by atomic mass is 9.99. The summed E-state index contributed by atoms with van der Waals surface area (Å²) >= 11 is 8.02. The van der Waals surface area contributed by atoms with Gasteiger partial charge in [-0.1, -0.05) is 18.2 Å². The largest absolute Gasteiger partial charge is 0.380 e. The van der Waals surface area contributed by atoms with Crippen molar-refractivity contribution in [1.82, 2.24) is 0 Å². The number of hydrogen-bond donors (Lipinski definition) is 0. The van der Waals surface area contributed by atoms with Gasteiger partial charge >= 0.3 is 5.37 Å². The molecule has 122 valence electrons. The van der Waals surface area contributed by atoms with E-state index in [4.69, 9.17) is 16.3 Å². The van der Waals surface area contributed by atoms with Crippen molar-refractivity contribution in [3.8, 4) is 11.1 Å². The number of halogens is 2. The minimum atomic E-state index is -0.481. The molecule has 0 aliphatic rings. The lowest BCUT2D eigenvalue weighted by molar-refractivity contribution is 0.185. The minimum Gasteiger partial charge on any atom is -0.380 e. The van der Waals surface area contributed by atoms with Gasteiger partial charge in [-0.05, 0) is 89.0 Å². The molecule has 0 saturated heterocycles. The Morgan fingerprint density at radius 2 is 1.87 bits per heavy atom. The van der Waals surface area contributed by atoms with Crippen LogP contribution in [0.15, 0.2) is 42.5 Å². The summed E-state index contributed by atoms with van der Waals surface area (Å²) in [5.41, 5.74) is 4.02. The number of anilines is 1. The highest BCUT2D eigenvalue weighted by atomic mass is 127. The second kappa shape index (κ2) is 8.13. The van der Waals surface area contributed by atoms with Gasteiger partial charge < -0.3 is 4.74 Å². The normalized spacial score (nSPS) is 10.9. The number of methoxy groups -OCH3 is 1. The minimum absolute atomic E-state index is 0.0143. The molecule has 5 heteroatoms. The second-order valence-electron chi connectivity index (χ2n) is 5.50. The molecule has 2 rings (SSSR count). The van der Waals surface area contributed by atoms with Crippen molar-refractivity contribution in [1.29, 1.82) is 0 Å². The Bertz CT molecular complexity index is 686. The fourth-order valence-electron chi connectivity index (χ4n) is 2.52. The van der Waals surface area contributed by atoms with E-state index in [0.29, 0.717) is 6.61 Å². The van der Waals surface area contributed by atoms with E-state index in [1.807, 2.05) is 32.0 Å². The maximum absolute atomic E-state index is 11.7. The molecule has 0 spiro atoms. The Balaban J connectivity index is 2.49. The molecule has 0 aliphatic heterocycles. The van der Waals surface area contributed by atoms with Gasteiger partial charge in [0.25, 0.3) is 0 Å². The SMILES string of the molecule is COCc1cc(N(C(=O)Cl)C(C)C)ccc1-c1ccc(I)cc1. The van der Waals surface area contributed by atoms with Crippen LogP contribution in [-0.4, -0.2) is 18.5 Å². The Labute approximate surface area is 155 Å². The van der Waals surface area contributed by atoms with E-state index < -0.39 is 5.37 Å². The molecule has 0 heterocycles. The molecule has 2 aromatic carbocycles. The van der Waals surface area contributed by atoms with Crippen LogP contribution >= 0.6 is 34.2 Å². The fraction of sp³-hybridized carbons (Fsp3) is 0.278. The number of ether oxygens (including phenoxy) is 1. The summed E-state index contributed by atoms with van der Waals surface area (Å²) in [7, 11) is 1.66. The molecule has 0 unspecified atom stereocenters. The summed E-state index contributed by atoms with van der Waals surface area (Å²) < 4.78 is 6.52. The number of carbonyl (C=O) groups excluding carboxylic acids is 1. The first-order valence-electron chi connectivity index (χ1n) is 7.30. The van der Waals surface area contributed by atoms with Gasteiger partial charge in [-0.3, -0.25) is 9.69 Å². The Hall–Kier alpha value is -1.11.